The van der Waals surface area contributed by atoms with Gasteiger partial charge in [0.2, 0.25) is 0 Å². The van der Waals surface area contributed by atoms with Crippen molar-refractivity contribution in [1.82, 2.24) is 5.32 Å². The average Bonchev–Trinajstić information content (AvgIpc) is 2.97. The number of thiophene rings is 1. The molecule has 110 valence electrons. The SMILES string of the molecule is CCNC(c1cccc2ccsc12)C(CC)(CC)OC. The van der Waals surface area contributed by atoms with E-state index in [4.69, 9.17) is 4.74 Å². The van der Waals surface area contributed by atoms with E-state index in [1.807, 2.05) is 18.4 Å². The Morgan fingerprint density at radius 2 is 1.95 bits per heavy atom. The lowest BCUT2D eigenvalue weighted by molar-refractivity contribution is -0.0478. The normalized spacial score (nSPS) is 13.8. The summed E-state index contributed by atoms with van der Waals surface area (Å²) in [4.78, 5) is 0. The van der Waals surface area contributed by atoms with Gasteiger partial charge >= 0.3 is 0 Å². The van der Waals surface area contributed by atoms with Gasteiger partial charge < -0.3 is 10.1 Å². The van der Waals surface area contributed by atoms with Gasteiger partial charge in [0.15, 0.2) is 0 Å². The van der Waals surface area contributed by atoms with Crippen molar-refractivity contribution in [1.29, 1.82) is 0 Å². The predicted octanol–water partition coefficient (Wildman–Crippen LogP) is 4.76. The van der Waals surface area contributed by atoms with Crippen molar-refractivity contribution < 1.29 is 4.74 Å². The fourth-order valence-electron chi connectivity index (χ4n) is 3.09. The van der Waals surface area contributed by atoms with Gasteiger partial charge in [0.25, 0.3) is 0 Å². The highest BCUT2D eigenvalue weighted by molar-refractivity contribution is 7.17. The molecule has 0 aliphatic rings. The Hall–Kier alpha value is -0.900. The Bertz CT molecular complexity index is 536. The Kier molecular flexibility index (Phi) is 5.19. The topological polar surface area (TPSA) is 21.3 Å². The van der Waals surface area contributed by atoms with Crippen molar-refractivity contribution >= 4 is 21.4 Å². The molecule has 0 saturated heterocycles. The molecule has 2 nitrogen and oxygen atoms in total. The van der Waals surface area contributed by atoms with Gasteiger partial charge in [0, 0.05) is 11.8 Å². The lowest BCUT2D eigenvalue weighted by Crippen LogP contribution is -2.44. The number of methoxy groups -OCH3 is 1. The van der Waals surface area contributed by atoms with Crippen molar-refractivity contribution in [2.24, 2.45) is 0 Å². The molecule has 2 aromatic rings. The van der Waals surface area contributed by atoms with Gasteiger partial charge in [0.05, 0.1) is 11.6 Å². The number of fused-ring (bicyclic) bond motifs is 1. The maximum Gasteiger partial charge on any atom is 0.0867 e. The second kappa shape index (κ2) is 6.70. The van der Waals surface area contributed by atoms with Crippen LogP contribution in [0.1, 0.15) is 45.2 Å². The van der Waals surface area contributed by atoms with Crippen molar-refractivity contribution in [3.05, 3.63) is 35.2 Å². The molecule has 0 amide bonds. The van der Waals surface area contributed by atoms with E-state index in [1.54, 1.807) is 0 Å². The lowest BCUT2D eigenvalue weighted by Gasteiger charge is -2.39. The molecule has 0 saturated carbocycles. The summed E-state index contributed by atoms with van der Waals surface area (Å²) in [5, 5.41) is 7.15. The van der Waals surface area contributed by atoms with E-state index in [0.717, 1.165) is 19.4 Å². The molecule has 0 bridgehead atoms. The summed E-state index contributed by atoms with van der Waals surface area (Å²) in [6, 6.07) is 9.00. The van der Waals surface area contributed by atoms with Crippen LogP contribution >= 0.6 is 11.3 Å². The first-order chi connectivity index (χ1) is 9.72. The molecule has 0 radical (unpaired) electrons. The maximum atomic E-state index is 5.97. The van der Waals surface area contributed by atoms with Gasteiger partial charge in [0.1, 0.15) is 0 Å². The first-order valence-electron chi connectivity index (χ1n) is 7.47. The van der Waals surface area contributed by atoms with Crippen LogP contribution in [0.25, 0.3) is 10.1 Å². The van der Waals surface area contributed by atoms with Crippen molar-refractivity contribution in [2.45, 2.75) is 45.3 Å². The van der Waals surface area contributed by atoms with Gasteiger partial charge in [-0.25, -0.2) is 0 Å². The van der Waals surface area contributed by atoms with Crippen molar-refractivity contribution in [3.8, 4) is 0 Å². The molecule has 1 aromatic heterocycles. The molecule has 1 aromatic carbocycles. The smallest absolute Gasteiger partial charge is 0.0867 e. The molecular formula is C17H25NOS. The average molecular weight is 291 g/mol. The second-order valence-electron chi connectivity index (χ2n) is 5.15. The fraction of sp³-hybridized carbons (Fsp3) is 0.529. The molecule has 1 N–H and O–H groups in total. The highest BCUT2D eigenvalue weighted by Crippen LogP contribution is 2.39. The Balaban J connectivity index is 2.55. The van der Waals surface area contributed by atoms with Gasteiger partial charge in [-0.2, -0.15) is 0 Å². The molecule has 1 heterocycles. The number of ether oxygens (including phenoxy) is 1. The summed E-state index contributed by atoms with van der Waals surface area (Å²) in [6.07, 6.45) is 2.00. The van der Waals surface area contributed by atoms with E-state index >= 15 is 0 Å². The molecule has 0 spiro atoms. The number of hydrogen-bond acceptors (Lipinski definition) is 3. The Morgan fingerprint density at radius 3 is 2.55 bits per heavy atom. The minimum Gasteiger partial charge on any atom is -0.376 e. The molecular weight excluding hydrogens is 266 g/mol. The number of benzene rings is 1. The predicted molar refractivity (Wildman–Crippen MR) is 88.6 cm³/mol. The largest absolute Gasteiger partial charge is 0.376 e. The van der Waals surface area contributed by atoms with Crippen LogP contribution in [0.15, 0.2) is 29.6 Å². The Labute approximate surface area is 126 Å². The lowest BCUT2D eigenvalue weighted by atomic mass is 9.83. The first-order valence-corrected chi connectivity index (χ1v) is 8.35. The van der Waals surface area contributed by atoms with Crippen LogP contribution in [0.5, 0.6) is 0 Å². The number of rotatable bonds is 7. The summed E-state index contributed by atoms with van der Waals surface area (Å²) in [6.45, 7) is 7.53. The number of nitrogens with one attached hydrogen (secondary N) is 1. The van der Waals surface area contributed by atoms with Gasteiger partial charge in [-0.3, -0.25) is 0 Å². The minimum absolute atomic E-state index is 0.145. The Morgan fingerprint density at radius 1 is 1.20 bits per heavy atom. The number of likely N-dealkylation sites (N-methyl/N-ethyl adjacent to an activating group) is 1. The third-order valence-corrected chi connectivity index (χ3v) is 5.34. The standard InChI is InChI=1S/C17H25NOS/c1-5-17(6-2,19-4)16(18-7-3)14-10-8-9-13-11-12-20-15(13)14/h8-12,16,18H,5-7H2,1-4H3. The monoisotopic (exact) mass is 291 g/mol. The van der Waals surface area contributed by atoms with Gasteiger partial charge in [-0.15, -0.1) is 11.3 Å². The highest BCUT2D eigenvalue weighted by Gasteiger charge is 2.37. The summed E-state index contributed by atoms with van der Waals surface area (Å²) in [5.41, 5.74) is 1.22. The summed E-state index contributed by atoms with van der Waals surface area (Å²) in [7, 11) is 1.84. The number of hydrogen-bond donors (Lipinski definition) is 1. The van der Waals surface area contributed by atoms with Crippen LogP contribution in [-0.4, -0.2) is 19.3 Å². The summed E-state index contributed by atoms with van der Waals surface area (Å²) in [5.74, 6) is 0. The molecule has 0 aliphatic heterocycles. The van der Waals surface area contributed by atoms with Gasteiger partial charge in [-0.05, 0) is 41.8 Å². The maximum absolute atomic E-state index is 5.97. The fourth-order valence-corrected chi connectivity index (χ4v) is 4.04. The van der Waals surface area contributed by atoms with E-state index in [2.05, 4.69) is 55.7 Å². The molecule has 20 heavy (non-hydrogen) atoms. The second-order valence-corrected chi connectivity index (χ2v) is 6.07. The molecule has 1 unspecified atom stereocenters. The minimum atomic E-state index is -0.145. The third kappa shape index (κ3) is 2.62. The van der Waals surface area contributed by atoms with E-state index in [9.17, 15) is 0 Å². The summed E-state index contributed by atoms with van der Waals surface area (Å²) < 4.78 is 7.35. The van der Waals surface area contributed by atoms with E-state index < -0.39 is 0 Å². The first kappa shape index (κ1) is 15.5. The zero-order valence-corrected chi connectivity index (χ0v) is 13.7. The third-order valence-electron chi connectivity index (χ3n) is 4.36. The molecule has 2 rings (SSSR count). The zero-order valence-electron chi connectivity index (χ0n) is 12.9. The van der Waals surface area contributed by atoms with Crippen LogP contribution in [0.3, 0.4) is 0 Å². The molecule has 0 aliphatic carbocycles. The van der Waals surface area contributed by atoms with Crippen LogP contribution in [0.4, 0.5) is 0 Å². The molecule has 1 atom stereocenters. The quantitative estimate of drug-likeness (QED) is 0.794. The van der Waals surface area contributed by atoms with Gasteiger partial charge in [-0.1, -0.05) is 39.0 Å². The molecule has 0 fully saturated rings. The van der Waals surface area contributed by atoms with Crippen LogP contribution in [0, 0.1) is 0 Å². The van der Waals surface area contributed by atoms with Crippen molar-refractivity contribution in [2.75, 3.05) is 13.7 Å². The van der Waals surface area contributed by atoms with E-state index in [0.29, 0.717) is 0 Å². The van der Waals surface area contributed by atoms with E-state index in [1.165, 1.54) is 15.6 Å². The van der Waals surface area contributed by atoms with Crippen LogP contribution in [0.2, 0.25) is 0 Å². The highest BCUT2D eigenvalue weighted by atomic mass is 32.1. The summed E-state index contributed by atoms with van der Waals surface area (Å²) >= 11 is 1.82. The van der Waals surface area contributed by atoms with Crippen LogP contribution < -0.4 is 5.32 Å². The molecule has 3 heteroatoms. The van der Waals surface area contributed by atoms with Crippen molar-refractivity contribution in [3.63, 3.8) is 0 Å². The van der Waals surface area contributed by atoms with E-state index in [-0.39, 0.29) is 11.6 Å². The van der Waals surface area contributed by atoms with Crippen LogP contribution in [-0.2, 0) is 4.74 Å². The zero-order chi connectivity index (χ0) is 14.6.